The molecular formula is C25H41BrO2. The van der Waals surface area contributed by atoms with Crippen LogP contribution in [0.5, 0.6) is 0 Å². The maximum absolute atomic E-state index is 11.8. The van der Waals surface area contributed by atoms with Crippen molar-refractivity contribution in [3.8, 4) is 0 Å². The van der Waals surface area contributed by atoms with Gasteiger partial charge in [-0.05, 0) is 24.1 Å². The minimum atomic E-state index is -0.0744. The molecule has 0 unspecified atom stereocenters. The summed E-state index contributed by atoms with van der Waals surface area (Å²) in [4.78, 5) is 11.8. The standard InChI is InChI=1S/C25H41BrO2/c1-2-3-4-5-6-7-8-9-10-11-12-13-14-15-16-20-25(27)28-22-23-18-17-19-24(26)21-23/h17-19,21H,2-16,20,22H2,1H3. The van der Waals surface area contributed by atoms with Crippen LogP contribution in [0.4, 0.5) is 0 Å². The average molecular weight is 454 g/mol. The number of carbonyl (C=O) groups is 1. The summed E-state index contributed by atoms with van der Waals surface area (Å²) >= 11 is 3.43. The third-order valence-corrected chi connectivity index (χ3v) is 5.77. The highest BCUT2D eigenvalue weighted by Crippen LogP contribution is 2.15. The predicted molar refractivity (Wildman–Crippen MR) is 123 cm³/mol. The molecule has 0 spiro atoms. The lowest BCUT2D eigenvalue weighted by Gasteiger charge is -2.06. The zero-order valence-electron chi connectivity index (χ0n) is 18.0. The van der Waals surface area contributed by atoms with E-state index in [4.69, 9.17) is 4.74 Å². The predicted octanol–water partition coefficient (Wildman–Crippen LogP) is 8.75. The van der Waals surface area contributed by atoms with Crippen LogP contribution in [-0.4, -0.2) is 5.97 Å². The summed E-state index contributed by atoms with van der Waals surface area (Å²) in [5, 5.41) is 0. The number of ether oxygens (including phenoxy) is 1. The Balaban J connectivity index is 1.80. The van der Waals surface area contributed by atoms with Crippen LogP contribution in [0.3, 0.4) is 0 Å². The first-order chi connectivity index (χ1) is 13.7. The first-order valence-electron chi connectivity index (χ1n) is 11.6. The number of unbranched alkanes of at least 4 members (excludes halogenated alkanes) is 14. The molecule has 0 saturated carbocycles. The number of hydrogen-bond acceptors (Lipinski definition) is 2. The van der Waals surface area contributed by atoms with Crippen molar-refractivity contribution in [2.75, 3.05) is 0 Å². The number of hydrogen-bond donors (Lipinski definition) is 0. The van der Waals surface area contributed by atoms with E-state index in [-0.39, 0.29) is 5.97 Å². The molecule has 0 radical (unpaired) electrons. The lowest BCUT2D eigenvalue weighted by atomic mass is 10.0. The van der Waals surface area contributed by atoms with Crippen molar-refractivity contribution in [1.82, 2.24) is 0 Å². The van der Waals surface area contributed by atoms with E-state index in [1.165, 1.54) is 83.5 Å². The largest absolute Gasteiger partial charge is 0.461 e. The smallest absolute Gasteiger partial charge is 0.306 e. The molecule has 1 aromatic carbocycles. The van der Waals surface area contributed by atoms with Crippen LogP contribution in [0.1, 0.15) is 115 Å². The van der Waals surface area contributed by atoms with E-state index in [9.17, 15) is 4.79 Å². The van der Waals surface area contributed by atoms with Crippen LogP contribution in [0.25, 0.3) is 0 Å². The van der Waals surface area contributed by atoms with E-state index in [0.717, 1.165) is 22.9 Å². The number of halogens is 1. The molecule has 0 saturated heterocycles. The van der Waals surface area contributed by atoms with E-state index < -0.39 is 0 Å². The van der Waals surface area contributed by atoms with Gasteiger partial charge in [-0.1, -0.05) is 125 Å². The van der Waals surface area contributed by atoms with Gasteiger partial charge in [-0.15, -0.1) is 0 Å². The molecule has 0 fully saturated rings. The van der Waals surface area contributed by atoms with Gasteiger partial charge < -0.3 is 4.74 Å². The van der Waals surface area contributed by atoms with E-state index >= 15 is 0 Å². The minimum absolute atomic E-state index is 0.0744. The maximum Gasteiger partial charge on any atom is 0.306 e. The summed E-state index contributed by atoms with van der Waals surface area (Å²) < 4.78 is 6.36. The highest BCUT2D eigenvalue weighted by molar-refractivity contribution is 9.10. The van der Waals surface area contributed by atoms with Crippen molar-refractivity contribution in [2.24, 2.45) is 0 Å². The summed E-state index contributed by atoms with van der Waals surface area (Å²) in [6, 6.07) is 7.90. The summed E-state index contributed by atoms with van der Waals surface area (Å²) in [7, 11) is 0. The Hall–Kier alpha value is -0.830. The Morgan fingerprint density at radius 1 is 0.786 bits per heavy atom. The van der Waals surface area contributed by atoms with Gasteiger partial charge in [0.25, 0.3) is 0 Å². The Kier molecular flexibility index (Phi) is 16.4. The molecule has 0 N–H and O–H groups in total. The van der Waals surface area contributed by atoms with Crippen LogP contribution >= 0.6 is 15.9 Å². The van der Waals surface area contributed by atoms with Crippen LogP contribution in [0, 0.1) is 0 Å². The van der Waals surface area contributed by atoms with Gasteiger partial charge in [0.15, 0.2) is 0 Å². The molecule has 28 heavy (non-hydrogen) atoms. The molecule has 1 rings (SSSR count). The van der Waals surface area contributed by atoms with Crippen LogP contribution in [0.2, 0.25) is 0 Å². The van der Waals surface area contributed by atoms with E-state index in [1.807, 2.05) is 24.3 Å². The van der Waals surface area contributed by atoms with Crippen molar-refractivity contribution >= 4 is 21.9 Å². The number of esters is 1. The van der Waals surface area contributed by atoms with Crippen molar-refractivity contribution in [3.05, 3.63) is 34.3 Å². The fourth-order valence-electron chi connectivity index (χ4n) is 3.50. The first-order valence-corrected chi connectivity index (χ1v) is 12.4. The van der Waals surface area contributed by atoms with Crippen molar-refractivity contribution in [2.45, 2.75) is 116 Å². The van der Waals surface area contributed by atoms with E-state index in [0.29, 0.717) is 13.0 Å². The highest BCUT2D eigenvalue weighted by atomic mass is 79.9. The Bertz CT molecular complexity index is 501. The number of benzene rings is 1. The third kappa shape index (κ3) is 15.1. The topological polar surface area (TPSA) is 26.3 Å². The monoisotopic (exact) mass is 452 g/mol. The molecule has 1 aromatic rings. The SMILES string of the molecule is CCCCCCCCCCCCCCCCCC(=O)OCc1cccc(Br)c1. The Morgan fingerprint density at radius 2 is 1.29 bits per heavy atom. The molecule has 160 valence electrons. The molecule has 0 aliphatic carbocycles. The molecule has 0 aliphatic heterocycles. The molecule has 0 heterocycles. The van der Waals surface area contributed by atoms with Crippen molar-refractivity contribution < 1.29 is 9.53 Å². The summed E-state index contributed by atoms with van der Waals surface area (Å²) in [6.07, 6.45) is 20.7. The molecule has 0 amide bonds. The fourth-order valence-corrected chi connectivity index (χ4v) is 3.95. The summed E-state index contributed by atoms with van der Waals surface area (Å²) in [5.41, 5.74) is 1.03. The van der Waals surface area contributed by atoms with E-state index in [2.05, 4.69) is 22.9 Å². The van der Waals surface area contributed by atoms with Gasteiger partial charge in [0.2, 0.25) is 0 Å². The van der Waals surface area contributed by atoms with Crippen molar-refractivity contribution in [1.29, 1.82) is 0 Å². The lowest BCUT2D eigenvalue weighted by molar-refractivity contribution is -0.145. The molecular weight excluding hydrogens is 412 g/mol. The zero-order chi connectivity index (χ0) is 20.3. The van der Waals surface area contributed by atoms with Crippen LogP contribution in [-0.2, 0) is 16.1 Å². The minimum Gasteiger partial charge on any atom is -0.461 e. The number of carbonyl (C=O) groups excluding carboxylic acids is 1. The van der Waals surface area contributed by atoms with Gasteiger partial charge >= 0.3 is 5.97 Å². The molecule has 3 heteroatoms. The Morgan fingerprint density at radius 3 is 1.79 bits per heavy atom. The van der Waals surface area contributed by atoms with Crippen LogP contribution in [0.15, 0.2) is 28.7 Å². The summed E-state index contributed by atoms with van der Waals surface area (Å²) in [5.74, 6) is -0.0744. The third-order valence-electron chi connectivity index (χ3n) is 5.27. The van der Waals surface area contributed by atoms with Gasteiger partial charge in [0, 0.05) is 10.9 Å². The van der Waals surface area contributed by atoms with Gasteiger partial charge in [-0.2, -0.15) is 0 Å². The molecule has 0 aromatic heterocycles. The van der Waals surface area contributed by atoms with Gasteiger partial charge in [-0.25, -0.2) is 0 Å². The average Bonchev–Trinajstić information content (AvgIpc) is 2.69. The van der Waals surface area contributed by atoms with Gasteiger partial charge in [-0.3, -0.25) is 4.79 Å². The first kappa shape index (κ1) is 25.2. The second-order valence-electron chi connectivity index (χ2n) is 7.99. The lowest BCUT2D eigenvalue weighted by Crippen LogP contribution is -2.04. The van der Waals surface area contributed by atoms with Crippen LogP contribution < -0.4 is 0 Å². The molecule has 2 nitrogen and oxygen atoms in total. The normalized spacial score (nSPS) is 10.9. The van der Waals surface area contributed by atoms with Crippen molar-refractivity contribution in [3.63, 3.8) is 0 Å². The van der Waals surface area contributed by atoms with E-state index in [1.54, 1.807) is 0 Å². The highest BCUT2D eigenvalue weighted by Gasteiger charge is 2.03. The maximum atomic E-state index is 11.8. The van der Waals surface area contributed by atoms with Gasteiger partial charge in [0.1, 0.15) is 6.61 Å². The fraction of sp³-hybridized carbons (Fsp3) is 0.720. The second kappa shape index (κ2) is 18.2. The molecule has 0 atom stereocenters. The Labute approximate surface area is 182 Å². The molecule has 0 bridgehead atoms. The quantitative estimate of drug-likeness (QED) is 0.164. The number of rotatable bonds is 18. The second-order valence-corrected chi connectivity index (χ2v) is 8.91. The molecule has 0 aliphatic rings. The zero-order valence-corrected chi connectivity index (χ0v) is 19.6. The summed E-state index contributed by atoms with van der Waals surface area (Å²) in [6.45, 7) is 2.65. The van der Waals surface area contributed by atoms with Gasteiger partial charge in [0.05, 0.1) is 0 Å².